The third-order valence-corrected chi connectivity index (χ3v) is 8.71. The molecule has 1 atom stereocenters. The Morgan fingerprint density at radius 1 is 1.16 bits per heavy atom. The first kappa shape index (κ1) is 27.5. The minimum absolute atomic E-state index is 0.144. The Morgan fingerprint density at radius 3 is 2.46 bits per heavy atom. The fourth-order valence-corrected chi connectivity index (χ4v) is 6.45. The van der Waals surface area contributed by atoms with E-state index in [-0.39, 0.29) is 11.3 Å². The number of hydrogen-bond acceptors (Lipinski definition) is 6. The second-order valence-corrected chi connectivity index (χ2v) is 12.0. The van der Waals surface area contributed by atoms with Crippen molar-refractivity contribution in [2.45, 2.75) is 66.6 Å². The average Bonchev–Trinajstić information content (AvgIpc) is 3.27. The molecule has 200 valence electrons. The van der Waals surface area contributed by atoms with Crippen molar-refractivity contribution in [3.63, 3.8) is 0 Å². The summed E-state index contributed by atoms with van der Waals surface area (Å²) in [7, 11) is 0. The molecule has 1 aliphatic rings. The molecule has 0 aliphatic carbocycles. The molecule has 0 amide bonds. The van der Waals surface area contributed by atoms with Gasteiger partial charge in [-0.2, -0.15) is 18.3 Å². The standard InChI is InChI=1S/C28H35F3N4OS/c1-16(2)15-35-12-10-27(6,11-13-35)25(36)23-14-21-24(37-23)19(5)33-34-26(21)32-18(4)20-8-7-9-22(17(20)3)28(29,30)31/h7-9,14,16,18H,10-13,15H2,1-6H3,(H,32,34)/t18-/m1/s1. The van der Waals surface area contributed by atoms with Crippen LogP contribution in [0, 0.1) is 25.2 Å². The lowest BCUT2D eigenvalue weighted by Crippen LogP contribution is -2.43. The van der Waals surface area contributed by atoms with Gasteiger partial charge in [-0.1, -0.05) is 32.9 Å². The number of aryl methyl sites for hydroxylation is 1. The molecule has 1 saturated heterocycles. The van der Waals surface area contributed by atoms with E-state index in [4.69, 9.17) is 0 Å². The van der Waals surface area contributed by atoms with Crippen molar-refractivity contribution in [1.82, 2.24) is 15.1 Å². The molecule has 5 nitrogen and oxygen atoms in total. The molecule has 1 N–H and O–H groups in total. The van der Waals surface area contributed by atoms with Gasteiger partial charge >= 0.3 is 6.18 Å². The summed E-state index contributed by atoms with van der Waals surface area (Å²) in [6.45, 7) is 14.5. The number of aromatic nitrogens is 2. The van der Waals surface area contributed by atoms with Crippen LogP contribution in [-0.4, -0.2) is 40.5 Å². The van der Waals surface area contributed by atoms with E-state index in [9.17, 15) is 18.0 Å². The van der Waals surface area contributed by atoms with Crippen molar-refractivity contribution in [2.24, 2.45) is 11.3 Å². The summed E-state index contributed by atoms with van der Waals surface area (Å²) in [5.74, 6) is 1.21. The highest BCUT2D eigenvalue weighted by atomic mass is 32.1. The normalized spacial score (nSPS) is 17.4. The van der Waals surface area contributed by atoms with Crippen LogP contribution in [0.5, 0.6) is 0 Å². The number of nitrogens with zero attached hydrogens (tertiary/aromatic N) is 3. The minimum Gasteiger partial charge on any atom is -0.362 e. The van der Waals surface area contributed by atoms with Crippen LogP contribution in [0.2, 0.25) is 0 Å². The molecule has 4 rings (SSSR count). The van der Waals surface area contributed by atoms with Crippen LogP contribution < -0.4 is 5.32 Å². The van der Waals surface area contributed by atoms with Gasteiger partial charge in [-0.15, -0.1) is 16.4 Å². The van der Waals surface area contributed by atoms with E-state index in [0.29, 0.717) is 22.2 Å². The summed E-state index contributed by atoms with van der Waals surface area (Å²) in [6.07, 6.45) is -2.78. The van der Waals surface area contributed by atoms with Crippen molar-refractivity contribution in [1.29, 1.82) is 0 Å². The Morgan fingerprint density at radius 2 is 1.84 bits per heavy atom. The summed E-state index contributed by atoms with van der Waals surface area (Å²) in [4.78, 5) is 16.8. The number of Topliss-reactive ketones (excluding diaryl/α,β-unsaturated/α-hetero) is 1. The lowest BCUT2D eigenvalue weighted by Gasteiger charge is -2.38. The third-order valence-electron chi connectivity index (χ3n) is 7.47. The summed E-state index contributed by atoms with van der Waals surface area (Å²) in [6, 6.07) is 5.65. The number of rotatable bonds is 7. The smallest absolute Gasteiger partial charge is 0.362 e. The lowest BCUT2D eigenvalue weighted by atomic mass is 9.76. The number of halogens is 3. The largest absolute Gasteiger partial charge is 0.416 e. The maximum atomic E-state index is 13.7. The molecular formula is C28H35F3N4OS. The van der Waals surface area contributed by atoms with Gasteiger partial charge in [0.05, 0.1) is 26.9 Å². The number of likely N-dealkylation sites (tertiary alicyclic amines) is 1. The van der Waals surface area contributed by atoms with E-state index < -0.39 is 23.2 Å². The summed E-state index contributed by atoms with van der Waals surface area (Å²) < 4.78 is 41.2. The number of ketones is 1. The monoisotopic (exact) mass is 532 g/mol. The number of thiophene rings is 1. The molecule has 0 spiro atoms. The van der Waals surface area contributed by atoms with Crippen LogP contribution in [0.3, 0.4) is 0 Å². The summed E-state index contributed by atoms with van der Waals surface area (Å²) in [5, 5.41) is 12.6. The number of anilines is 1. The topological polar surface area (TPSA) is 58.1 Å². The highest BCUT2D eigenvalue weighted by molar-refractivity contribution is 7.21. The van der Waals surface area contributed by atoms with Crippen molar-refractivity contribution < 1.29 is 18.0 Å². The van der Waals surface area contributed by atoms with E-state index in [1.165, 1.54) is 24.3 Å². The van der Waals surface area contributed by atoms with Gasteiger partial charge < -0.3 is 10.2 Å². The van der Waals surface area contributed by atoms with E-state index in [0.717, 1.165) is 54.3 Å². The molecule has 9 heteroatoms. The van der Waals surface area contributed by atoms with Crippen molar-refractivity contribution in [2.75, 3.05) is 25.0 Å². The fraction of sp³-hybridized carbons (Fsp3) is 0.536. The Hall–Kier alpha value is -2.52. The van der Waals surface area contributed by atoms with E-state index >= 15 is 0 Å². The zero-order valence-electron chi connectivity index (χ0n) is 22.3. The van der Waals surface area contributed by atoms with Crippen molar-refractivity contribution in [3.05, 3.63) is 51.5 Å². The molecule has 3 aromatic rings. The number of benzene rings is 1. The highest BCUT2D eigenvalue weighted by Gasteiger charge is 2.38. The number of fused-ring (bicyclic) bond motifs is 1. The van der Waals surface area contributed by atoms with Gasteiger partial charge in [0.15, 0.2) is 11.6 Å². The zero-order chi connectivity index (χ0) is 27.1. The van der Waals surface area contributed by atoms with E-state index in [1.807, 2.05) is 13.0 Å². The van der Waals surface area contributed by atoms with Crippen molar-refractivity contribution >= 4 is 33.0 Å². The number of carbonyl (C=O) groups is 1. The molecule has 0 radical (unpaired) electrons. The molecule has 0 unspecified atom stereocenters. The average molecular weight is 533 g/mol. The molecule has 37 heavy (non-hydrogen) atoms. The minimum atomic E-state index is -4.42. The molecule has 1 aromatic carbocycles. The number of nitrogens with one attached hydrogen (secondary N) is 1. The maximum absolute atomic E-state index is 13.7. The third kappa shape index (κ3) is 5.67. The van der Waals surface area contributed by atoms with Gasteiger partial charge in [-0.05, 0) is 75.9 Å². The van der Waals surface area contributed by atoms with Crippen LogP contribution in [0.1, 0.15) is 78.6 Å². The van der Waals surface area contributed by atoms with Crippen LogP contribution in [0.4, 0.5) is 19.0 Å². The second-order valence-electron chi connectivity index (χ2n) is 11.0. The Labute approximate surface area is 220 Å². The van der Waals surface area contributed by atoms with Gasteiger partial charge in [0.1, 0.15) is 0 Å². The predicted molar refractivity (Wildman–Crippen MR) is 143 cm³/mol. The van der Waals surface area contributed by atoms with Crippen molar-refractivity contribution in [3.8, 4) is 0 Å². The second kappa shape index (κ2) is 10.3. The Bertz CT molecular complexity index is 1290. The lowest BCUT2D eigenvalue weighted by molar-refractivity contribution is -0.138. The van der Waals surface area contributed by atoms with Crippen LogP contribution >= 0.6 is 11.3 Å². The van der Waals surface area contributed by atoms with Gasteiger partial charge in [0.25, 0.3) is 0 Å². The first-order chi connectivity index (χ1) is 17.3. The first-order valence-electron chi connectivity index (χ1n) is 12.8. The van der Waals surface area contributed by atoms with Gasteiger partial charge in [0, 0.05) is 17.3 Å². The molecule has 2 aromatic heterocycles. The molecule has 0 saturated carbocycles. The van der Waals surface area contributed by atoms with Crippen LogP contribution in [0.25, 0.3) is 10.1 Å². The van der Waals surface area contributed by atoms with Gasteiger partial charge in [-0.3, -0.25) is 4.79 Å². The fourth-order valence-electron chi connectivity index (χ4n) is 5.26. The summed E-state index contributed by atoms with van der Waals surface area (Å²) in [5.41, 5.74) is 0.389. The number of alkyl halides is 3. The number of hydrogen-bond donors (Lipinski definition) is 1. The predicted octanol–water partition coefficient (Wildman–Crippen LogP) is 7.44. The first-order valence-corrected chi connectivity index (χ1v) is 13.6. The molecule has 1 fully saturated rings. The van der Waals surface area contributed by atoms with Crippen LogP contribution in [0.15, 0.2) is 24.3 Å². The SMILES string of the molecule is Cc1c([C@@H](C)Nc2nnc(C)c3sc(C(=O)C4(C)CCN(CC(C)C)CC4)cc23)cccc1C(F)(F)F. The number of carbonyl (C=O) groups excluding carboxylic acids is 1. The van der Waals surface area contributed by atoms with E-state index in [2.05, 4.69) is 41.2 Å². The molecular weight excluding hydrogens is 497 g/mol. The van der Waals surface area contributed by atoms with Gasteiger partial charge in [-0.25, -0.2) is 0 Å². The zero-order valence-corrected chi connectivity index (χ0v) is 23.1. The Kier molecular flexibility index (Phi) is 7.68. The highest BCUT2D eigenvalue weighted by Crippen LogP contribution is 2.41. The molecule has 3 heterocycles. The molecule has 0 bridgehead atoms. The summed E-state index contributed by atoms with van der Waals surface area (Å²) >= 11 is 1.43. The maximum Gasteiger partial charge on any atom is 0.416 e. The number of piperidine rings is 1. The Balaban J connectivity index is 1.60. The quantitative estimate of drug-likeness (QED) is 0.321. The van der Waals surface area contributed by atoms with Gasteiger partial charge in [0.2, 0.25) is 0 Å². The molecule has 1 aliphatic heterocycles. The van der Waals surface area contributed by atoms with E-state index in [1.54, 1.807) is 13.0 Å². The van der Waals surface area contributed by atoms with Crippen LogP contribution in [-0.2, 0) is 6.18 Å².